The van der Waals surface area contributed by atoms with Crippen molar-refractivity contribution in [1.82, 2.24) is 30.3 Å². The monoisotopic (exact) mass is 539 g/mol. The SMILES string of the molecule is CCc1n[nH]c(C)c1-c1ccc(NC(=O)[C@@H](NC(=O)c2ccnn2CCSC)C(C2CC2)C2CC2)nc1F. The lowest BCUT2D eigenvalue weighted by Gasteiger charge is -2.27. The fraction of sp³-hybridized carbons (Fsp3) is 0.519. The maximum absolute atomic E-state index is 15.2. The zero-order valence-corrected chi connectivity index (χ0v) is 22.8. The number of thioether (sulfide) groups is 1. The molecule has 0 saturated heterocycles. The number of nitrogens with zero attached hydrogens (tertiary/aromatic N) is 4. The summed E-state index contributed by atoms with van der Waals surface area (Å²) < 4.78 is 16.8. The summed E-state index contributed by atoms with van der Waals surface area (Å²) in [6.45, 7) is 4.40. The predicted molar refractivity (Wildman–Crippen MR) is 145 cm³/mol. The molecule has 0 aliphatic heterocycles. The molecule has 2 aliphatic carbocycles. The number of pyridine rings is 1. The standard InChI is InChI=1S/C27H34FN7O2S/c1-4-19-22(15(2)33-34-19)18-9-10-21(30-25(18)28)31-27(37)24(23(16-5-6-16)17-7-8-17)32-26(36)20-11-12-29-35(20)13-14-38-3/h9-12,16-17,23-24H,4-8,13-14H2,1-3H3,(H,32,36)(H,33,34)(H,30,31,37)/t24-/m0/s1. The van der Waals surface area contributed by atoms with Gasteiger partial charge in [-0.25, -0.2) is 4.98 Å². The molecule has 5 rings (SSSR count). The third-order valence-electron chi connectivity index (χ3n) is 7.47. The number of amides is 2. The van der Waals surface area contributed by atoms with Crippen molar-refractivity contribution < 1.29 is 14.0 Å². The van der Waals surface area contributed by atoms with Crippen LogP contribution < -0.4 is 10.6 Å². The van der Waals surface area contributed by atoms with Gasteiger partial charge in [0.25, 0.3) is 5.91 Å². The lowest BCUT2D eigenvalue weighted by Crippen LogP contribution is -2.50. The van der Waals surface area contributed by atoms with Crippen molar-refractivity contribution in [2.24, 2.45) is 17.8 Å². The van der Waals surface area contributed by atoms with Crippen molar-refractivity contribution in [3.05, 3.63) is 47.4 Å². The van der Waals surface area contributed by atoms with Gasteiger partial charge < -0.3 is 10.6 Å². The zero-order chi connectivity index (χ0) is 26.8. The predicted octanol–water partition coefficient (Wildman–Crippen LogP) is 4.21. The molecule has 38 heavy (non-hydrogen) atoms. The topological polar surface area (TPSA) is 118 Å². The fourth-order valence-electron chi connectivity index (χ4n) is 5.31. The number of anilines is 1. The van der Waals surface area contributed by atoms with Gasteiger partial charge in [-0.05, 0) is 81.2 Å². The molecule has 2 amide bonds. The van der Waals surface area contributed by atoms with Gasteiger partial charge >= 0.3 is 0 Å². The van der Waals surface area contributed by atoms with E-state index >= 15 is 4.39 Å². The van der Waals surface area contributed by atoms with Crippen LogP contribution in [0.5, 0.6) is 0 Å². The minimum Gasteiger partial charge on any atom is -0.339 e. The molecular weight excluding hydrogens is 505 g/mol. The highest BCUT2D eigenvalue weighted by Crippen LogP contribution is 2.51. The first kappa shape index (κ1) is 26.4. The van der Waals surface area contributed by atoms with Gasteiger partial charge in [0.1, 0.15) is 17.6 Å². The third-order valence-corrected chi connectivity index (χ3v) is 8.06. The van der Waals surface area contributed by atoms with E-state index in [1.54, 1.807) is 40.8 Å². The molecule has 0 radical (unpaired) electrons. The van der Waals surface area contributed by atoms with Crippen molar-refractivity contribution in [1.29, 1.82) is 0 Å². The van der Waals surface area contributed by atoms with Gasteiger partial charge in [-0.1, -0.05) is 6.92 Å². The van der Waals surface area contributed by atoms with E-state index in [0.717, 1.165) is 42.8 Å². The van der Waals surface area contributed by atoms with E-state index < -0.39 is 12.0 Å². The van der Waals surface area contributed by atoms with Crippen LogP contribution in [0.1, 0.15) is 54.5 Å². The van der Waals surface area contributed by atoms with Crippen LogP contribution in [0.3, 0.4) is 0 Å². The largest absolute Gasteiger partial charge is 0.339 e. The fourth-order valence-corrected chi connectivity index (χ4v) is 5.67. The van der Waals surface area contributed by atoms with Crippen LogP contribution in [0.2, 0.25) is 0 Å². The van der Waals surface area contributed by atoms with Crippen LogP contribution in [0, 0.1) is 30.6 Å². The van der Waals surface area contributed by atoms with Gasteiger partial charge in [0, 0.05) is 28.8 Å². The number of H-pyrrole nitrogens is 1. The van der Waals surface area contributed by atoms with Gasteiger partial charge in [-0.2, -0.15) is 26.3 Å². The number of aromatic amines is 1. The Morgan fingerprint density at radius 2 is 1.95 bits per heavy atom. The van der Waals surface area contributed by atoms with Crippen LogP contribution in [0.4, 0.5) is 10.2 Å². The number of aromatic nitrogens is 5. The summed E-state index contributed by atoms with van der Waals surface area (Å²) in [6, 6.07) is 4.15. The van der Waals surface area contributed by atoms with E-state index in [2.05, 4.69) is 30.9 Å². The number of rotatable bonds is 12. The van der Waals surface area contributed by atoms with Gasteiger partial charge in [-0.3, -0.25) is 19.4 Å². The number of nitrogens with one attached hydrogen (secondary N) is 3. The summed E-state index contributed by atoms with van der Waals surface area (Å²) in [5.41, 5.74) is 2.98. The van der Waals surface area contributed by atoms with E-state index in [-0.39, 0.29) is 23.6 Å². The number of halogens is 1. The molecule has 1 atom stereocenters. The lowest BCUT2D eigenvalue weighted by molar-refractivity contribution is -0.119. The molecule has 3 heterocycles. The summed E-state index contributed by atoms with van der Waals surface area (Å²) in [5.74, 6) is 0.423. The van der Waals surface area contributed by atoms with Gasteiger partial charge in [0.2, 0.25) is 11.9 Å². The minimum atomic E-state index is -0.737. The normalized spacial score (nSPS) is 16.0. The van der Waals surface area contributed by atoms with E-state index in [4.69, 9.17) is 0 Å². The van der Waals surface area contributed by atoms with Crippen molar-refractivity contribution in [2.45, 2.75) is 58.5 Å². The molecular formula is C27H34FN7O2S. The number of hydrogen-bond donors (Lipinski definition) is 3. The van der Waals surface area contributed by atoms with E-state index in [9.17, 15) is 9.59 Å². The maximum atomic E-state index is 15.2. The van der Waals surface area contributed by atoms with Gasteiger partial charge in [0.05, 0.1) is 12.2 Å². The second-order valence-electron chi connectivity index (χ2n) is 10.2. The molecule has 0 spiro atoms. The molecule has 0 unspecified atom stereocenters. The van der Waals surface area contributed by atoms with Crippen molar-refractivity contribution in [3.8, 4) is 11.1 Å². The smallest absolute Gasteiger partial charge is 0.270 e. The van der Waals surface area contributed by atoms with Crippen molar-refractivity contribution in [3.63, 3.8) is 0 Å². The highest BCUT2D eigenvalue weighted by molar-refractivity contribution is 7.98. The van der Waals surface area contributed by atoms with Crippen LogP contribution in [-0.2, 0) is 17.8 Å². The van der Waals surface area contributed by atoms with Crippen LogP contribution in [0.15, 0.2) is 24.4 Å². The molecule has 9 nitrogen and oxygen atoms in total. The Morgan fingerprint density at radius 3 is 2.58 bits per heavy atom. The lowest BCUT2D eigenvalue weighted by atomic mass is 9.88. The average Bonchev–Trinajstić information content (AvgIpc) is 3.83. The first-order valence-corrected chi connectivity index (χ1v) is 14.6. The van der Waals surface area contributed by atoms with Gasteiger partial charge in [-0.15, -0.1) is 0 Å². The molecule has 3 N–H and O–H groups in total. The maximum Gasteiger partial charge on any atom is 0.270 e. The minimum absolute atomic E-state index is 0.0475. The summed E-state index contributed by atoms with van der Waals surface area (Å²) in [5, 5.41) is 17.2. The molecule has 11 heteroatoms. The number of carbonyl (C=O) groups is 2. The van der Waals surface area contributed by atoms with E-state index in [1.807, 2.05) is 20.1 Å². The summed E-state index contributed by atoms with van der Waals surface area (Å²) in [4.78, 5) is 31.0. The third kappa shape index (κ3) is 5.62. The van der Waals surface area contributed by atoms with Crippen LogP contribution in [0.25, 0.3) is 11.1 Å². The number of aryl methyl sites for hydroxylation is 3. The van der Waals surface area contributed by atoms with Gasteiger partial charge in [0.15, 0.2) is 0 Å². The molecule has 0 aromatic carbocycles. The first-order chi connectivity index (χ1) is 18.4. The second-order valence-corrected chi connectivity index (χ2v) is 11.2. The second kappa shape index (κ2) is 11.3. The average molecular weight is 540 g/mol. The molecule has 2 aliphatic rings. The Labute approximate surface area is 225 Å². The highest BCUT2D eigenvalue weighted by atomic mass is 32.2. The quantitative estimate of drug-likeness (QED) is 0.297. The Morgan fingerprint density at radius 1 is 1.21 bits per heavy atom. The Bertz CT molecular complexity index is 1300. The zero-order valence-electron chi connectivity index (χ0n) is 22.0. The van der Waals surface area contributed by atoms with Crippen LogP contribution >= 0.6 is 11.8 Å². The van der Waals surface area contributed by atoms with Crippen molar-refractivity contribution >= 4 is 29.4 Å². The number of hydrogen-bond acceptors (Lipinski definition) is 6. The molecule has 3 aromatic rings. The Hall–Kier alpha value is -3.21. The summed E-state index contributed by atoms with van der Waals surface area (Å²) >= 11 is 1.67. The van der Waals surface area contributed by atoms with E-state index in [1.165, 1.54) is 0 Å². The van der Waals surface area contributed by atoms with Crippen LogP contribution in [-0.4, -0.2) is 54.8 Å². The number of carbonyl (C=O) groups excluding carboxylic acids is 2. The molecule has 0 bridgehead atoms. The highest BCUT2D eigenvalue weighted by Gasteiger charge is 2.48. The Balaban J connectivity index is 1.37. The van der Waals surface area contributed by atoms with E-state index in [0.29, 0.717) is 41.6 Å². The van der Waals surface area contributed by atoms with Crippen molar-refractivity contribution in [2.75, 3.05) is 17.3 Å². The molecule has 2 saturated carbocycles. The summed E-state index contributed by atoms with van der Waals surface area (Å²) in [7, 11) is 0. The molecule has 2 fully saturated rings. The Kier molecular flexibility index (Phi) is 7.83. The first-order valence-electron chi connectivity index (χ1n) is 13.2. The summed E-state index contributed by atoms with van der Waals surface area (Å²) in [6.07, 6.45) is 8.47. The molecule has 3 aromatic heterocycles. The molecule has 202 valence electrons.